The number of piperazine rings is 1. The first-order valence-corrected chi connectivity index (χ1v) is 6.79. The summed E-state index contributed by atoms with van der Waals surface area (Å²) in [5.74, 6) is 0.293. The zero-order chi connectivity index (χ0) is 11.8. The third-order valence-electron chi connectivity index (χ3n) is 3.33. The van der Waals surface area contributed by atoms with Crippen LogP contribution in [-0.4, -0.2) is 36.5 Å². The van der Waals surface area contributed by atoms with Crippen LogP contribution in [0, 0.1) is 0 Å². The van der Waals surface area contributed by atoms with Crippen LogP contribution < -0.4 is 5.32 Å². The van der Waals surface area contributed by atoms with Crippen molar-refractivity contribution in [1.29, 1.82) is 0 Å². The minimum atomic E-state index is 0.293. The molecule has 1 unspecified atom stereocenters. The molecule has 0 saturated carbocycles. The first kappa shape index (κ1) is 13.5. The minimum Gasteiger partial charge on any atom is -0.337 e. The standard InChI is InChI=1S/C13H26N2O/c1-3-5-6-8-12(7-4-2)15-10-9-14-11-13(15)16/h12,14H,3-11H2,1-2H3. The number of amides is 1. The van der Waals surface area contributed by atoms with Gasteiger partial charge in [0.25, 0.3) is 0 Å². The maximum atomic E-state index is 11.8. The van der Waals surface area contributed by atoms with Gasteiger partial charge in [0, 0.05) is 19.1 Å². The number of carbonyl (C=O) groups excluding carboxylic acids is 1. The maximum absolute atomic E-state index is 11.8. The van der Waals surface area contributed by atoms with Crippen LogP contribution in [0.3, 0.4) is 0 Å². The van der Waals surface area contributed by atoms with Gasteiger partial charge in [0.15, 0.2) is 0 Å². The summed E-state index contributed by atoms with van der Waals surface area (Å²) in [6, 6.07) is 0.492. The molecule has 1 amide bonds. The molecular formula is C13H26N2O. The zero-order valence-electron chi connectivity index (χ0n) is 10.8. The smallest absolute Gasteiger partial charge is 0.236 e. The van der Waals surface area contributed by atoms with Gasteiger partial charge in [-0.25, -0.2) is 0 Å². The van der Waals surface area contributed by atoms with Crippen LogP contribution in [0.4, 0.5) is 0 Å². The predicted octanol–water partition coefficient (Wildman–Crippen LogP) is 2.17. The Labute approximate surface area is 99.6 Å². The highest BCUT2D eigenvalue weighted by atomic mass is 16.2. The second kappa shape index (κ2) is 7.66. The van der Waals surface area contributed by atoms with Gasteiger partial charge >= 0.3 is 0 Å². The van der Waals surface area contributed by atoms with E-state index in [0.717, 1.165) is 19.5 Å². The summed E-state index contributed by atoms with van der Waals surface area (Å²) in [6.45, 7) is 6.83. The number of nitrogens with one attached hydrogen (secondary N) is 1. The Morgan fingerprint density at radius 3 is 2.69 bits per heavy atom. The van der Waals surface area contributed by atoms with Crippen LogP contribution in [0.5, 0.6) is 0 Å². The summed E-state index contributed by atoms with van der Waals surface area (Å²) in [5, 5.41) is 3.14. The lowest BCUT2D eigenvalue weighted by Gasteiger charge is -2.35. The molecule has 1 aliphatic heterocycles. The second-order valence-corrected chi connectivity index (χ2v) is 4.70. The van der Waals surface area contributed by atoms with Gasteiger partial charge in [0.05, 0.1) is 6.54 Å². The third kappa shape index (κ3) is 4.12. The molecule has 0 aromatic rings. The molecule has 1 aliphatic rings. The summed E-state index contributed by atoms with van der Waals surface area (Å²) >= 11 is 0. The fraction of sp³-hybridized carbons (Fsp3) is 0.923. The molecular weight excluding hydrogens is 200 g/mol. The predicted molar refractivity (Wildman–Crippen MR) is 67.4 cm³/mol. The second-order valence-electron chi connectivity index (χ2n) is 4.70. The first-order valence-electron chi connectivity index (χ1n) is 6.79. The molecule has 0 spiro atoms. The summed E-state index contributed by atoms with van der Waals surface area (Å²) in [4.78, 5) is 13.9. The van der Waals surface area contributed by atoms with Crippen molar-refractivity contribution < 1.29 is 4.79 Å². The molecule has 1 atom stereocenters. The minimum absolute atomic E-state index is 0.293. The van der Waals surface area contributed by atoms with Crippen LogP contribution in [0.2, 0.25) is 0 Å². The fourth-order valence-electron chi connectivity index (χ4n) is 2.43. The Bertz CT molecular complexity index is 206. The van der Waals surface area contributed by atoms with E-state index >= 15 is 0 Å². The van der Waals surface area contributed by atoms with Crippen molar-refractivity contribution >= 4 is 5.91 Å². The molecule has 0 bridgehead atoms. The van der Waals surface area contributed by atoms with Crippen molar-refractivity contribution in [2.75, 3.05) is 19.6 Å². The number of hydrogen-bond donors (Lipinski definition) is 1. The lowest BCUT2D eigenvalue weighted by atomic mass is 10.0. The van der Waals surface area contributed by atoms with Gasteiger partial charge in [-0.3, -0.25) is 4.79 Å². The van der Waals surface area contributed by atoms with E-state index in [1.807, 2.05) is 0 Å². The van der Waals surface area contributed by atoms with Gasteiger partial charge in [0.1, 0.15) is 0 Å². The molecule has 0 radical (unpaired) electrons. The Morgan fingerprint density at radius 2 is 2.06 bits per heavy atom. The van der Waals surface area contributed by atoms with E-state index in [1.54, 1.807) is 0 Å². The van der Waals surface area contributed by atoms with E-state index in [9.17, 15) is 4.79 Å². The van der Waals surface area contributed by atoms with Gasteiger partial charge in [-0.1, -0.05) is 39.5 Å². The summed E-state index contributed by atoms with van der Waals surface area (Å²) in [6.07, 6.45) is 7.34. The molecule has 1 saturated heterocycles. The monoisotopic (exact) mass is 226 g/mol. The van der Waals surface area contributed by atoms with E-state index < -0.39 is 0 Å². The van der Waals surface area contributed by atoms with Crippen LogP contribution in [-0.2, 0) is 4.79 Å². The lowest BCUT2D eigenvalue weighted by molar-refractivity contribution is -0.134. The number of rotatable bonds is 7. The van der Waals surface area contributed by atoms with Gasteiger partial charge in [-0.15, -0.1) is 0 Å². The van der Waals surface area contributed by atoms with Crippen LogP contribution in [0.15, 0.2) is 0 Å². The Hall–Kier alpha value is -0.570. The quantitative estimate of drug-likeness (QED) is 0.675. The third-order valence-corrected chi connectivity index (χ3v) is 3.33. The molecule has 1 fully saturated rings. The van der Waals surface area contributed by atoms with Gasteiger partial charge < -0.3 is 10.2 Å². The molecule has 1 rings (SSSR count). The van der Waals surface area contributed by atoms with E-state index in [2.05, 4.69) is 24.1 Å². The van der Waals surface area contributed by atoms with Crippen molar-refractivity contribution in [2.45, 2.75) is 58.4 Å². The summed E-state index contributed by atoms with van der Waals surface area (Å²) in [7, 11) is 0. The van der Waals surface area contributed by atoms with Crippen molar-refractivity contribution in [3.05, 3.63) is 0 Å². The van der Waals surface area contributed by atoms with Gasteiger partial charge in [-0.2, -0.15) is 0 Å². The van der Waals surface area contributed by atoms with Crippen molar-refractivity contribution in [2.24, 2.45) is 0 Å². The van der Waals surface area contributed by atoms with Crippen LogP contribution in [0.25, 0.3) is 0 Å². The van der Waals surface area contributed by atoms with Gasteiger partial charge in [-0.05, 0) is 12.8 Å². The average molecular weight is 226 g/mol. The van der Waals surface area contributed by atoms with E-state index in [0.29, 0.717) is 18.5 Å². The molecule has 1 heterocycles. The Morgan fingerprint density at radius 1 is 1.25 bits per heavy atom. The highest BCUT2D eigenvalue weighted by Crippen LogP contribution is 2.16. The molecule has 94 valence electrons. The van der Waals surface area contributed by atoms with E-state index in [1.165, 1.54) is 32.1 Å². The van der Waals surface area contributed by atoms with Crippen LogP contribution in [0.1, 0.15) is 52.4 Å². The number of hydrogen-bond acceptors (Lipinski definition) is 2. The molecule has 0 aromatic carbocycles. The average Bonchev–Trinajstić information content (AvgIpc) is 2.29. The van der Waals surface area contributed by atoms with E-state index in [4.69, 9.17) is 0 Å². The molecule has 3 nitrogen and oxygen atoms in total. The van der Waals surface area contributed by atoms with Crippen LogP contribution >= 0.6 is 0 Å². The maximum Gasteiger partial charge on any atom is 0.236 e. The number of nitrogens with zero attached hydrogens (tertiary/aromatic N) is 1. The normalized spacial score (nSPS) is 18.9. The van der Waals surface area contributed by atoms with Crippen molar-refractivity contribution in [1.82, 2.24) is 10.2 Å². The number of carbonyl (C=O) groups is 1. The summed E-state index contributed by atoms with van der Waals surface area (Å²) < 4.78 is 0. The van der Waals surface area contributed by atoms with E-state index in [-0.39, 0.29) is 0 Å². The first-order chi connectivity index (χ1) is 7.79. The summed E-state index contributed by atoms with van der Waals surface area (Å²) in [5.41, 5.74) is 0. The zero-order valence-corrected chi connectivity index (χ0v) is 10.8. The topological polar surface area (TPSA) is 32.3 Å². The SMILES string of the molecule is CCCCCC(CCC)N1CCNCC1=O. The molecule has 1 N–H and O–H groups in total. The highest BCUT2D eigenvalue weighted by Gasteiger charge is 2.24. The van der Waals surface area contributed by atoms with Gasteiger partial charge in [0.2, 0.25) is 5.91 Å². The molecule has 0 aliphatic carbocycles. The molecule has 16 heavy (non-hydrogen) atoms. The Balaban J connectivity index is 2.43. The Kier molecular flexibility index (Phi) is 6.46. The van der Waals surface area contributed by atoms with Crippen molar-refractivity contribution in [3.63, 3.8) is 0 Å². The highest BCUT2D eigenvalue weighted by molar-refractivity contribution is 5.79. The lowest BCUT2D eigenvalue weighted by Crippen LogP contribution is -2.52. The fourth-order valence-corrected chi connectivity index (χ4v) is 2.43. The molecule has 3 heteroatoms. The van der Waals surface area contributed by atoms with Crippen molar-refractivity contribution in [3.8, 4) is 0 Å². The number of unbranched alkanes of at least 4 members (excludes halogenated alkanes) is 2. The molecule has 0 aromatic heterocycles. The largest absolute Gasteiger partial charge is 0.337 e.